The number of thiazole rings is 1. The van der Waals surface area contributed by atoms with Gasteiger partial charge in [-0.15, -0.1) is 11.3 Å². The van der Waals surface area contributed by atoms with Crippen molar-refractivity contribution in [2.24, 2.45) is 17.1 Å². The minimum absolute atomic E-state index is 0.205. The van der Waals surface area contributed by atoms with Crippen LogP contribution in [0.4, 0.5) is 0 Å². The summed E-state index contributed by atoms with van der Waals surface area (Å²) in [5, 5.41) is 1.99. The molecule has 1 fully saturated rings. The van der Waals surface area contributed by atoms with E-state index >= 15 is 0 Å². The fourth-order valence-electron chi connectivity index (χ4n) is 2.77. The van der Waals surface area contributed by atoms with Crippen molar-refractivity contribution in [2.75, 3.05) is 13.7 Å². The fourth-order valence-corrected chi connectivity index (χ4v) is 3.48. The van der Waals surface area contributed by atoms with Crippen molar-refractivity contribution in [3.8, 4) is 0 Å². The zero-order valence-corrected chi connectivity index (χ0v) is 12.4. The first-order chi connectivity index (χ1) is 9.66. The molecule has 0 aromatic carbocycles. The van der Waals surface area contributed by atoms with Gasteiger partial charge in [0.2, 0.25) is 0 Å². The number of esters is 1. The molecule has 1 aliphatic rings. The number of ether oxygens (including phenoxy) is 1. The Morgan fingerprint density at radius 3 is 3.05 bits per heavy atom. The first-order valence-corrected chi connectivity index (χ1v) is 7.74. The van der Waals surface area contributed by atoms with Crippen LogP contribution in [0.1, 0.15) is 25.0 Å². The van der Waals surface area contributed by atoms with Gasteiger partial charge in [-0.3, -0.25) is 9.20 Å². The summed E-state index contributed by atoms with van der Waals surface area (Å²) in [6.45, 7) is 0.307. The van der Waals surface area contributed by atoms with Crippen LogP contribution in [0.25, 0.3) is 4.96 Å². The number of imidazole rings is 1. The topological polar surface area (TPSA) is 69.6 Å². The zero-order valence-electron chi connectivity index (χ0n) is 11.5. The Labute approximate surface area is 121 Å². The highest BCUT2D eigenvalue weighted by atomic mass is 32.1. The van der Waals surface area contributed by atoms with E-state index in [1.807, 2.05) is 22.2 Å². The number of aromatic nitrogens is 2. The summed E-state index contributed by atoms with van der Waals surface area (Å²) in [6.07, 6.45) is 7.70. The van der Waals surface area contributed by atoms with Crippen molar-refractivity contribution in [2.45, 2.75) is 25.7 Å². The van der Waals surface area contributed by atoms with Gasteiger partial charge in [0.05, 0.1) is 18.2 Å². The summed E-state index contributed by atoms with van der Waals surface area (Å²) in [7, 11) is 1.44. The van der Waals surface area contributed by atoms with Crippen LogP contribution in [0.15, 0.2) is 17.8 Å². The van der Waals surface area contributed by atoms with Crippen LogP contribution in [0, 0.1) is 11.3 Å². The van der Waals surface area contributed by atoms with E-state index in [4.69, 9.17) is 10.5 Å². The van der Waals surface area contributed by atoms with E-state index < -0.39 is 5.41 Å². The molecule has 0 radical (unpaired) electrons. The maximum atomic E-state index is 12.3. The molecule has 5 nitrogen and oxygen atoms in total. The van der Waals surface area contributed by atoms with E-state index in [2.05, 4.69) is 4.98 Å². The van der Waals surface area contributed by atoms with Crippen molar-refractivity contribution >= 4 is 22.3 Å². The molecule has 1 atom stereocenters. The van der Waals surface area contributed by atoms with Crippen molar-refractivity contribution in [3.05, 3.63) is 23.5 Å². The quantitative estimate of drug-likeness (QED) is 0.825. The smallest absolute Gasteiger partial charge is 0.313 e. The molecule has 0 bridgehead atoms. The highest BCUT2D eigenvalue weighted by Crippen LogP contribution is 2.42. The summed E-state index contributed by atoms with van der Waals surface area (Å²) in [5.74, 6) is 0.407. The second kappa shape index (κ2) is 5.18. The van der Waals surface area contributed by atoms with Crippen LogP contribution in [0.5, 0.6) is 0 Å². The van der Waals surface area contributed by atoms with E-state index in [0.717, 1.165) is 17.1 Å². The third kappa shape index (κ3) is 2.45. The molecule has 20 heavy (non-hydrogen) atoms. The Balaban J connectivity index is 1.87. The van der Waals surface area contributed by atoms with Gasteiger partial charge in [0, 0.05) is 30.7 Å². The lowest BCUT2D eigenvalue weighted by Gasteiger charge is -2.28. The van der Waals surface area contributed by atoms with Gasteiger partial charge in [0.15, 0.2) is 4.96 Å². The van der Waals surface area contributed by atoms with Gasteiger partial charge in [-0.25, -0.2) is 4.98 Å². The van der Waals surface area contributed by atoms with E-state index in [1.165, 1.54) is 20.0 Å². The minimum atomic E-state index is -0.625. The molecule has 1 saturated carbocycles. The summed E-state index contributed by atoms with van der Waals surface area (Å²) in [5.41, 5.74) is 6.23. The number of nitrogens with two attached hydrogens (primary N) is 1. The van der Waals surface area contributed by atoms with Crippen molar-refractivity contribution in [1.82, 2.24) is 9.38 Å². The molecule has 3 rings (SSSR count). The molecule has 0 spiro atoms. The lowest BCUT2D eigenvalue weighted by molar-refractivity contribution is -0.153. The number of methoxy groups -OCH3 is 1. The highest BCUT2D eigenvalue weighted by molar-refractivity contribution is 7.15. The van der Waals surface area contributed by atoms with E-state index in [0.29, 0.717) is 18.9 Å². The third-order valence-electron chi connectivity index (χ3n) is 4.05. The first-order valence-electron chi connectivity index (χ1n) is 6.86. The fraction of sp³-hybridized carbons (Fsp3) is 0.571. The standard InChI is InChI=1S/C14H19N3O2S/c1-19-12(18)14(9-15,6-10-2-3-10)7-11-8-17-4-5-20-13(17)16-11/h4-5,8,10H,2-3,6-7,9,15H2,1H3. The Hall–Kier alpha value is -1.40. The van der Waals surface area contributed by atoms with E-state index in [9.17, 15) is 4.79 Å². The average molecular weight is 293 g/mol. The number of hydrogen-bond donors (Lipinski definition) is 1. The minimum Gasteiger partial charge on any atom is -0.469 e. The molecule has 2 aromatic heterocycles. The van der Waals surface area contributed by atoms with Crippen LogP contribution < -0.4 is 5.73 Å². The Morgan fingerprint density at radius 2 is 2.45 bits per heavy atom. The molecule has 1 aliphatic carbocycles. The monoisotopic (exact) mass is 293 g/mol. The van der Waals surface area contributed by atoms with Crippen molar-refractivity contribution in [1.29, 1.82) is 0 Å². The Bertz CT molecular complexity index is 588. The van der Waals surface area contributed by atoms with Crippen molar-refractivity contribution < 1.29 is 9.53 Å². The maximum Gasteiger partial charge on any atom is 0.313 e. The SMILES string of the molecule is COC(=O)C(CN)(Cc1cn2ccsc2n1)CC1CC1. The van der Waals surface area contributed by atoms with Gasteiger partial charge >= 0.3 is 5.97 Å². The van der Waals surface area contributed by atoms with Gasteiger partial charge in [0.25, 0.3) is 0 Å². The number of carbonyl (C=O) groups is 1. The lowest BCUT2D eigenvalue weighted by atomic mass is 9.78. The Kier molecular flexibility index (Phi) is 3.52. The maximum absolute atomic E-state index is 12.3. The number of carbonyl (C=O) groups excluding carboxylic acids is 1. The number of hydrogen-bond acceptors (Lipinski definition) is 5. The predicted molar refractivity (Wildman–Crippen MR) is 77.6 cm³/mol. The van der Waals surface area contributed by atoms with Gasteiger partial charge in [-0.05, 0) is 12.3 Å². The highest BCUT2D eigenvalue weighted by Gasteiger charge is 2.43. The van der Waals surface area contributed by atoms with Gasteiger partial charge < -0.3 is 10.5 Å². The lowest BCUT2D eigenvalue weighted by Crippen LogP contribution is -2.42. The molecule has 2 N–H and O–H groups in total. The molecule has 2 aromatic rings. The molecule has 6 heteroatoms. The molecule has 0 saturated heterocycles. The number of nitrogens with zero attached hydrogens (tertiary/aromatic N) is 2. The van der Waals surface area contributed by atoms with Gasteiger partial charge in [-0.2, -0.15) is 0 Å². The van der Waals surface area contributed by atoms with Crippen LogP contribution >= 0.6 is 11.3 Å². The molecular weight excluding hydrogens is 274 g/mol. The van der Waals surface area contributed by atoms with E-state index in [1.54, 1.807) is 11.3 Å². The third-order valence-corrected chi connectivity index (χ3v) is 4.82. The summed E-state index contributed by atoms with van der Waals surface area (Å²) in [4.78, 5) is 17.8. The predicted octanol–water partition coefficient (Wildman–Crippen LogP) is 1.86. The van der Waals surface area contributed by atoms with E-state index in [-0.39, 0.29) is 5.97 Å². The van der Waals surface area contributed by atoms with Crippen molar-refractivity contribution in [3.63, 3.8) is 0 Å². The van der Waals surface area contributed by atoms with Crippen LogP contribution in [0.2, 0.25) is 0 Å². The van der Waals surface area contributed by atoms with Gasteiger partial charge in [-0.1, -0.05) is 12.8 Å². The molecule has 0 aliphatic heterocycles. The Morgan fingerprint density at radius 1 is 1.65 bits per heavy atom. The second-order valence-corrected chi connectivity index (χ2v) is 6.50. The largest absolute Gasteiger partial charge is 0.469 e. The van der Waals surface area contributed by atoms with Gasteiger partial charge in [0.1, 0.15) is 0 Å². The number of fused-ring (bicyclic) bond motifs is 1. The summed E-state index contributed by atoms with van der Waals surface area (Å²) >= 11 is 1.59. The number of rotatable bonds is 6. The molecule has 2 heterocycles. The molecule has 0 amide bonds. The van der Waals surface area contributed by atoms with Crippen LogP contribution in [-0.4, -0.2) is 29.0 Å². The van der Waals surface area contributed by atoms with Crippen LogP contribution in [-0.2, 0) is 16.0 Å². The zero-order chi connectivity index (χ0) is 14.2. The first kappa shape index (κ1) is 13.6. The molecule has 1 unspecified atom stereocenters. The second-order valence-electron chi connectivity index (χ2n) is 5.63. The average Bonchev–Trinajstić information content (AvgIpc) is 3.01. The summed E-state index contributed by atoms with van der Waals surface area (Å²) < 4.78 is 6.99. The normalized spacial score (nSPS) is 18.1. The molecular formula is C14H19N3O2S. The molecule has 108 valence electrons. The summed E-state index contributed by atoms with van der Waals surface area (Å²) in [6, 6.07) is 0. The van der Waals surface area contributed by atoms with Crippen LogP contribution in [0.3, 0.4) is 0 Å².